The molecule has 1 aromatic heterocycles. The highest BCUT2D eigenvalue weighted by Gasteiger charge is 2.33. The average Bonchev–Trinajstić information content (AvgIpc) is 2.81. The number of hydrogen-bond acceptors (Lipinski definition) is 3. The van der Waals surface area contributed by atoms with E-state index in [2.05, 4.69) is 18.8 Å². The number of unbranched alkanes of at least 4 members (excludes halogenated alkanes) is 1. The second-order valence-corrected chi connectivity index (χ2v) is 7.61. The topological polar surface area (TPSA) is 38.1 Å². The van der Waals surface area contributed by atoms with Crippen LogP contribution in [-0.2, 0) is 12.6 Å². The molecule has 0 spiro atoms. The molecule has 2 aromatic rings. The van der Waals surface area contributed by atoms with Gasteiger partial charge in [0.05, 0.1) is 21.1 Å². The number of aryl methyl sites for hydroxylation is 1. The van der Waals surface area contributed by atoms with Crippen LogP contribution in [0.3, 0.4) is 0 Å². The molecule has 1 aromatic carbocycles. The molecule has 122 valence electrons. The van der Waals surface area contributed by atoms with Crippen LogP contribution in [0, 0.1) is 0 Å². The summed E-state index contributed by atoms with van der Waals surface area (Å²) in [5, 5.41) is 12.2. The van der Waals surface area contributed by atoms with Crippen molar-refractivity contribution in [3.63, 3.8) is 0 Å². The Kier molecular flexibility index (Phi) is 6.06. The molecule has 0 fully saturated rings. The fraction of sp³-hybridized carbons (Fsp3) is 0.562. The summed E-state index contributed by atoms with van der Waals surface area (Å²) >= 11 is 13.9. The van der Waals surface area contributed by atoms with Crippen molar-refractivity contribution in [1.29, 1.82) is 0 Å². The van der Waals surface area contributed by atoms with E-state index in [9.17, 15) is 5.11 Å². The molecule has 0 saturated heterocycles. The van der Waals surface area contributed by atoms with Crippen molar-refractivity contribution < 1.29 is 5.11 Å². The van der Waals surface area contributed by atoms with Crippen LogP contribution in [0.1, 0.15) is 38.9 Å². The van der Waals surface area contributed by atoms with Crippen molar-refractivity contribution in [1.82, 2.24) is 9.55 Å². The van der Waals surface area contributed by atoms with Gasteiger partial charge in [0.25, 0.3) is 0 Å². The maximum atomic E-state index is 11.2. The standard InChI is InChI=1S/C16H22Cl2N2OS/c1-4-6-7-16(21,10-22-5-2)15-19-13-8-11(17)12(18)9-14(13)20(15)3/h8-9,21H,4-7,10H2,1-3H3. The Bertz CT molecular complexity index is 649. The summed E-state index contributed by atoms with van der Waals surface area (Å²) < 4.78 is 1.93. The van der Waals surface area contributed by atoms with E-state index in [1.54, 1.807) is 17.8 Å². The SMILES string of the molecule is CCCCC(O)(CSCC)c1nc2cc(Cl)c(Cl)cc2n1C. The van der Waals surface area contributed by atoms with E-state index in [1.165, 1.54) is 0 Å². The zero-order chi connectivity index (χ0) is 16.3. The van der Waals surface area contributed by atoms with Crippen LogP contribution in [-0.4, -0.2) is 26.2 Å². The monoisotopic (exact) mass is 360 g/mol. The zero-order valence-corrected chi connectivity index (χ0v) is 15.5. The second-order valence-electron chi connectivity index (χ2n) is 5.52. The molecule has 3 nitrogen and oxygen atoms in total. The van der Waals surface area contributed by atoms with Gasteiger partial charge in [0.15, 0.2) is 0 Å². The van der Waals surface area contributed by atoms with Gasteiger partial charge < -0.3 is 9.67 Å². The number of aromatic nitrogens is 2. The van der Waals surface area contributed by atoms with Gasteiger partial charge >= 0.3 is 0 Å². The maximum Gasteiger partial charge on any atom is 0.142 e. The molecular weight excluding hydrogens is 339 g/mol. The summed E-state index contributed by atoms with van der Waals surface area (Å²) in [5.41, 5.74) is 0.729. The Hall–Kier alpha value is -0.420. The van der Waals surface area contributed by atoms with Crippen molar-refractivity contribution in [2.45, 2.75) is 38.7 Å². The van der Waals surface area contributed by atoms with E-state index >= 15 is 0 Å². The van der Waals surface area contributed by atoms with Gasteiger partial charge in [-0.05, 0) is 24.3 Å². The molecule has 22 heavy (non-hydrogen) atoms. The maximum absolute atomic E-state index is 11.2. The molecule has 1 heterocycles. The predicted octanol–water partition coefficient (Wildman–Crippen LogP) is 5.01. The average molecular weight is 361 g/mol. The Balaban J connectivity index is 2.50. The number of aliphatic hydroxyl groups is 1. The lowest BCUT2D eigenvalue weighted by atomic mass is 9.98. The molecule has 6 heteroatoms. The normalized spacial score (nSPS) is 14.5. The van der Waals surface area contributed by atoms with E-state index in [4.69, 9.17) is 23.2 Å². The second kappa shape index (κ2) is 7.43. The minimum Gasteiger partial charge on any atom is -0.381 e. The first kappa shape index (κ1) is 17.9. The highest BCUT2D eigenvalue weighted by atomic mass is 35.5. The third-order valence-corrected chi connectivity index (χ3v) is 5.64. The fourth-order valence-electron chi connectivity index (χ4n) is 2.59. The fourth-order valence-corrected chi connectivity index (χ4v) is 3.72. The van der Waals surface area contributed by atoms with Crippen molar-refractivity contribution in [2.75, 3.05) is 11.5 Å². The molecule has 0 aliphatic carbocycles. The first-order valence-corrected chi connectivity index (χ1v) is 9.46. The summed E-state index contributed by atoms with van der Waals surface area (Å²) in [6.45, 7) is 4.22. The summed E-state index contributed by atoms with van der Waals surface area (Å²) in [4.78, 5) is 4.65. The van der Waals surface area contributed by atoms with Crippen LogP contribution in [0.25, 0.3) is 11.0 Å². The van der Waals surface area contributed by atoms with Crippen LogP contribution in [0.2, 0.25) is 10.0 Å². The molecule has 1 atom stereocenters. The number of hydrogen-bond donors (Lipinski definition) is 1. The van der Waals surface area contributed by atoms with Gasteiger partial charge in [-0.1, -0.05) is 49.9 Å². The summed E-state index contributed by atoms with van der Waals surface area (Å²) in [6, 6.07) is 3.57. The van der Waals surface area contributed by atoms with Gasteiger partial charge in [0, 0.05) is 12.8 Å². The third-order valence-electron chi connectivity index (χ3n) is 3.83. The smallest absolute Gasteiger partial charge is 0.142 e. The number of nitrogens with zero attached hydrogens (tertiary/aromatic N) is 2. The third kappa shape index (κ3) is 3.56. The molecule has 0 aliphatic rings. The number of rotatable bonds is 7. The molecule has 0 radical (unpaired) electrons. The Morgan fingerprint density at radius 3 is 2.59 bits per heavy atom. The number of fused-ring (bicyclic) bond motifs is 1. The van der Waals surface area contributed by atoms with Crippen LogP contribution in [0.5, 0.6) is 0 Å². The predicted molar refractivity (Wildman–Crippen MR) is 97.2 cm³/mol. The largest absolute Gasteiger partial charge is 0.381 e. The molecule has 1 N–H and O–H groups in total. The lowest BCUT2D eigenvalue weighted by Crippen LogP contribution is -2.32. The van der Waals surface area contributed by atoms with Crippen LogP contribution in [0.4, 0.5) is 0 Å². The number of benzene rings is 1. The number of thioether (sulfide) groups is 1. The van der Waals surface area contributed by atoms with Gasteiger partial charge in [-0.3, -0.25) is 0 Å². The first-order valence-electron chi connectivity index (χ1n) is 7.55. The summed E-state index contributed by atoms with van der Waals surface area (Å²) in [5.74, 6) is 2.30. The Labute approximate surface area is 146 Å². The molecule has 2 rings (SSSR count). The van der Waals surface area contributed by atoms with E-state index in [1.807, 2.05) is 17.7 Å². The van der Waals surface area contributed by atoms with E-state index < -0.39 is 5.60 Å². The lowest BCUT2D eigenvalue weighted by molar-refractivity contribution is 0.0391. The van der Waals surface area contributed by atoms with E-state index in [0.29, 0.717) is 28.0 Å². The van der Waals surface area contributed by atoms with Gasteiger partial charge in [-0.25, -0.2) is 4.98 Å². The number of halogens is 2. The molecule has 1 unspecified atom stereocenters. The summed E-state index contributed by atoms with van der Waals surface area (Å²) in [6.07, 6.45) is 2.71. The van der Waals surface area contributed by atoms with Gasteiger partial charge in [0.1, 0.15) is 11.4 Å². The van der Waals surface area contributed by atoms with Crippen molar-refractivity contribution in [2.24, 2.45) is 7.05 Å². The molecule has 0 amide bonds. The van der Waals surface area contributed by atoms with E-state index in [0.717, 1.165) is 29.6 Å². The quantitative estimate of drug-likeness (QED) is 0.753. The van der Waals surface area contributed by atoms with Gasteiger partial charge in [0.2, 0.25) is 0 Å². The first-order chi connectivity index (χ1) is 10.4. The Morgan fingerprint density at radius 2 is 1.95 bits per heavy atom. The molecule has 0 bridgehead atoms. The van der Waals surface area contributed by atoms with E-state index in [-0.39, 0.29) is 0 Å². The minimum atomic E-state index is -0.927. The summed E-state index contributed by atoms with van der Waals surface area (Å²) in [7, 11) is 1.92. The van der Waals surface area contributed by atoms with Crippen LogP contribution >= 0.6 is 35.0 Å². The molecular formula is C16H22Cl2N2OS. The highest BCUT2D eigenvalue weighted by molar-refractivity contribution is 7.99. The molecule has 0 saturated carbocycles. The van der Waals surface area contributed by atoms with Crippen molar-refractivity contribution in [3.8, 4) is 0 Å². The van der Waals surface area contributed by atoms with Crippen LogP contribution < -0.4 is 0 Å². The van der Waals surface area contributed by atoms with Gasteiger partial charge in [-0.15, -0.1) is 0 Å². The minimum absolute atomic E-state index is 0.485. The van der Waals surface area contributed by atoms with Gasteiger partial charge in [-0.2, -0.15) is 11.8 Å². The highest BCUT2D eigenvalue weighted by Crippen LogP contribution is 2.34. The van der Waals surface area contributed by atoms with Crippen molar-refractivity contribution in [3.05, 3.63) is 28.0 Å². The van der Waals surface area contributed by atoms with Crippen molar-refractivity contribution >= 4 is 46.0 Å². The lowest BCUT2D eigenvalue weighted by Gasteiger charge is -2.27. The van der Waals surface area contributed by atoms with Crippen LogP contribution in [0.15, 0.2) is 12.1 Å². The Morgan fingerprint density at radius 1 is 1.27 bits per heavy atom. The zero-order valence-electron chi connectivity index (χ0n) is 13.2. The number of imidazole rings is 1. The molecule has 0 aliphatic heterocycles.